The van der Waals surface area contributed by atoms with E-state index in [0.29, 0.717) is 22.4 Å². The van der Waals surface area contributed by atoms with Crippen LogP contribution in [0.5, 0.6) is 0 Å². The third-order valence-electron chi connectivity index (χ3n) is 2.97. The van der Waals surface area contributed by atoms with Gasteiger partial charge in [-0.05, 0) is 49.0 Å². The SMILES string of the molecule is CCN1C(=O)/C(=C\c2ccc[nH]2)S/C1=N/c1ccccn1. The first kappa shape index (κ1) is 13.6. The van der Waals surface area contributed by atoms with E-state index in [2.05, 4.69) is 15.0 Å². The fraction of sp³-hybridized carbons (Fsp3) is 0.133. The fourth-order valence-corrected chi connectivity index (χ4v) is 3.00. The summed E-state index contributed by atoms with van der Waals surface area (Å²) in [4.78, 5) is 26.4. The maximum absolute atomic E-state index is 12.4. The number of nitrogens with one attached hydrogen (secondary N) is 1. The molecule has 3 rings (SSSR count). The fourth-order valence-electron chi connectivity index (χ4n) is 1.96. The second-order valence-electron chi connectivity index (χ2n) is 4.37. The van der Waals surface area contributed by atoms with Gasteiger partial charge in [0, 0.05) is 24.6 Å². The Morgan fingerprint density at radius 1 is 1.38 bits per heavy atom. The lowest BCUT2D eigenvalue weighted by Crippen LogP contribution is -2.28. The molecule has 1 aliphatic heterocycles. The Kier molecular flexibility index (Phi) is 3.87. The second kappa shape index (κ2) is 5.97. The van der Waals surface area contributed by atoms with Crippen LogP contribution in [0.3, 0.4) is 0 Å². The average Bonchev–Trinajstić information content (AvgIpc) is 3.10. The molecular formula is C15H14N4OS. The maximum atomic E-state index is 12.4. The molecule has 1 saturated heterocycles. The van der Waals surface area contributed by atoms with Crippen LogP contribution < -0.4 is 0 Å². The summed E-state index contributed by atoms with van der Waals surface area (Å²) < 4.78 is 0. The monoisotopic (exact) mass is 298 g/mol. The molecule has 6 heteroatoms. The summed E-state index contributed by atoms with van der Waals surface area (Å²) in [5.41, 5.74) is 0.904. The molecule has 3 heterocycles. The van der Waals surface area contributed by atoms with Crippen LogP contribution >= 0.6 is 11.8 Å². The van der Waals surface area contributed by atoms with Crippen molar-refractivity contribution in [2.24, 2.45) is 4.99 Å². The molecule has 2 aromatic heterocycles. The molecular weight excluding hydrogens is 284 g/mol. The first-order chi connectivity index (χ1) is 10.3. The van der Waals surface area contributed by atoms with Crippen molar-refractivity contribution < 1.29 is 4.79 Å². The van der Waals surface area contributed by atoms with Gasteiger partial charge in [-0.2, -0.15) is 0 Å². The normalized spacial score (nSPS) is 18.9. The lowest BCUT2D eigenvalue weighted by Gasteiger charge is -2.11. The van der Waals surface area contributed by atoms with E-state index in [1.54, 1.807) is 11.1 Å². The molecule has 106 valence electrons. The highest BCUT2D eigenvalue weighted by Crippen LogP contribution is 2.33. The largest absolute Gasteiger partial charge is 0.362 e. The number of aromatic nitrogens is 2. The number of nitrogens with zero attached hydrogens (tertiary/aromatic N) is 3. The maximum Gasteiger partial charge on any atom is 0.266 e. The van der Waals surface area contributed by atoms with Crippen molar-refractivity contribution in [2.45, 2.75) is 6.92 Å². The Morgan fingerprint density at radius 2 is 2.29 bits per heavy atom. The number of amidine groups is 1. The number of hydrogen-bond acceptors (Lipinski definition) is 4. The summed E-state index contributed by atoms with van der Waals surface area (Å²) in [5.74, 6) is 0.583. The van der Waals surface area contributed by atoms with Crippen molar-refractivity contribution in [1.29, 1.82) is 0 Å². The summed E-state index contributed by atoms with van der Waals surface area (Å²) in [7, 11) is 0. The molecule has 0 radical (unpaired) electrons. The molecule has 21 heavy (non-hydrogen) atoms. The molecule has 1 N–H and O–H groups in total. The van der Waals surface area contributed by atoms with E-state index in [-0.39, 0.29) is 5.91 Å². The number of carbonyl (C=O) groups excluding carboxylic acids is 1. The number of H-pyrrole nitrogens is 1. The predicted octanol–water partition coefficient (Wildman–Crippen LogP) is 3.03. The molecule has 0 aromatic carbocycles. The first-order valence-electron chi connectivity index (χ1n) is 6.62. The van der Waals surface area contributed by atoms with E-state index in [0.717, 1.165) is 5.69 Å². The summed E-state index contributed by atoms with van der Waals surface area (Å²) in [5, 5.41) is 0.666. The minimum Gasteiger partial charge on any atom is -0.362 e. The molecule has 1 fully saturated rings. The van der Waals surface area contributed by atoms with Gasteiger partial charge >= 0.3 is 0 Å². The Hall–Kier alpha value is -2.34. The van der Waals surface area contributed by atoms with Crippen LogP contribution in [0.4, 0.5) is 5.82 Å². The van der Waals surface area contributed by atoms with Crippen molar-refractivity contribution in [3.05, 3.63) is 53.3 Å². The molecule has 0 spiro atoms. The van der Waals surface area contributed by atoms with Gasteiger partial charge in [0.05, 0.1) is 4.91 Å². The zero-order chi connectivity index (χ0) is 14.7. The van der Waals surface area contributed by atoms with Gasteiger partial charge < -0.3 is 4.98 Å². The van der Waals surface area contributed by atoms with Crippen LogP contribution in [0.25, 0.3) is 6.08 Å². The lowest BCUT2D eigenvalue weighted by atomic mass is 10.3. The van der Waals surface area contributed by atoms with Crippen LogP contribution in [0.15, 0.2) is 52.6 Å². The number of likely N-dealkylation sites (N-methyl/N-ethyl adjacent to an activating group) is 1. The van der Waals surface area contributed by atoms with Crippen molar-refractivity contribution in [3.8, 4) is 0 Å². The molecule has 0 atom stereocenters. The van der Waals surface area contributed by atoms with E-state index in [4.69, 9.17) is 0 Å². The highest BCUT2D eigenvalue weighted by atomic mass is 32.2. The van der Waals surface area contributed by atoms with Crippen LogP contribution in [-0.2, 0) is 4.79 Å². The van der Waals surface area contributed by atoms with Gasteiger partial charge in [0.1, 0.15) is 0 Å². The van der Waals surface area contributed by atoms with Gasteiger partial charge in [-0.3, -0.25) is 9.69 Å². The highest BCUT2D eigenvalue weighted by Gasteiger charge is 2.32. The molecule has 1 amide bonds. The number of amides is 1. The molecule has 0 bridgehead atoms. The Balaban J connectivity index is 1.92. The number of carbonyl (C=O) groups is 1. The molecule has 0 aliphatic carbocycles. The van der Waals surface area contributed by atoms with Crippen LogP contribution in [0, 0.1) is 0 Å². The van der Waals surface area contributed by atoms with E-state index < -0.39 is 0 Å². The van der Waals surface area contributed by atoms with Crippen molar-refractivity contribution in [1.82, 2.24) is 14.9 Å². The van der Waals surface area contributed by atoms with Crippen molar-refractivity contribution in [3.63, 3.8) is 0 Å². The van der Waals surface area contributed by atoms with Crippen molar-refractivity contribution >= 4 is 34.7 Å². The molecule has 2 aromatic rings. The smallest absolute Gasteiger partial charge is 0.266 e. The molecule has 0 saturated carbocycles. The quantitative estimate of drug-likeness (QED) is 0.886. The lowest BCUT2D eigenvalue weighted by molar-refractivity contribution is -0.122. The third-order valence-corrected chi connectivity index (χ3v) is 3.98. The minimum absolute atomic E-state index is 0.0215. The topological polar surface area (TPSA) is 61.4 Å². The number of aliphatic imine (C=N–C) groups is 1. The number of hydrogen-bond donors (Lipinski definition) is 1. The van der Waals surface area contributed by atoms with E-state index in [9.17, 15) is 4.79 Å². The average molecular weight is 298 g/mol. The Bertz CT molecular complexity index is 692. The van der Waals surface area contributed by atoms with Crippen LogP contribution in [0.2, 0.25) is 0 Å². The van der Waals surface area contributed by atoms with Gasteiger partial charge in [-0.15, -0.1) is 0 Å². The summed E-state index contributed by atoms with van der Waals surface area (Å²) in [6.45, 7) is 2.52. The van der Waals surface area contributed by atoms with Crippen LogP contribution in [0.1, 0.15) is 12.6 Å². The van der Waals surface area contributed by atoms with Gasteiger partial charge in [-0.25, -0.2) is 9.98 Å². The number of aromatic amines is 1. The zero-order valence-electron chi connectivity index (χ0n) is 11.5. The van der Waals surface area contributed by atoms with Gasteiger partial charge in [0.25, 0.3) is 5.91 Å². The van der Waals surface area contributed by atoms with Gasteiger partial charge in [-0.1, -0.05) is 6.07 Å². The number of pyridine rings is 1. The second-order valence-corrected chi connectivity index (χ2v) is 5.38. The predicted molar refractivity (Wildman–Crippen MR) is 85.1 cm³/mol. The molecule has 0 unspecified atom stereocenters. The first-order valence-corrected chi connectivity index (χ1v) is 7.44. The van der Waals surface area contributed by atoms with E-state index in [1.807, 2.05) is 49.5 Å². The Labute approximate surface area is 126 Å². The number of rotatable bonds is 3. The van der Waals surface area contributed by atoms with Crippen LogP contribution in [-0.4, -0.2) is 32.5 Å². The number of thioether (sulfide) groups is 1. The highest BCUT2D eigenvalue weighted by molar-refractivity contribution is 8.18. The molecule has 5 nitrogen and oxygen atoms in total. The minimum atomic E-state index is -0.0215. The third kappa shape index (κ3) is 2.90. The molecule has 1 aliphatic rings. The summed E-state index contributed by atoms with van der Waals surface area (Å²) in [6, 6.07) is 9.35. The zero-order valence-corrected chi connectivity index (χ0v) is 12.3. The van der Waals surface area contributed by atoms with E-state index >= 15 is 0 Å². The van der Waals surface area contributed by atoms with Crippen molar-refractivity contribution in [2.75, 3.05) is 6.54 Å². The van der Waals surface area contributed by atoms with Gasteiger partial charge in [0.15, 0.2) is 11.0 Å². The standard InChI is InChI=1S/C15H14N4OS/c1-2-19-14(20)12(10-11-6-5-9-16-11)21-15(19)18-13-7-3-4-8-17-13/h3-10,16H,2H2,1H3/b12-10+,18-15+. The summed E-state index contributed by atoms with van der Waals surface area (Å²) in [6.07, 6.45) is 5.36. The summed E-state index contributed by atoms with van der Waals surface area (Å²) >= 11 is 1.37. The van der Waals surface area contributed by atoms with Gasteiger partial charge in [0.2, 0.25) is 0 Å². The Morgan fingerprint density at radius 3 is 2.95 bits per heavy atom. The van der Waals surface area contributed by atoms with E-state index in [1.165, 1.54) is 11.8 Å².